The Bertz CT molecular complexity index is 1270. The third-order valence-corrected chi connectivity index (χ3v) is 6.70. The largest absolute Gasteiger partial charge is 0.496 e. The predicted molar refractivity (Wildman–Crippen MR) is 137 cm³/mol. The summed E-state index contributed by atoms with van der Waals surface area (Å²) in [7, 11) is 3.21. The number of H-pyrrole nitrogens is 1. The third kappa shape index (κ3) is 4.97. The standard InChI is InChI=1S/C26H35N5O4/c1-16-14-22(35-5)19(26(33)28-16)6-8-21(32)24-18(3)31(17(2)15-34-4)25-20(24)7-9-23(29-25)30-12-10-27-11-13-30/h7,9,14,17,27H,6,8,10-13,15H2,1-5H3,(H,28,33). The molecule has 0 bridgehead atoms. The van der Waals surface area contributed by atoms with Gasteiger partial charge in [0, 0.05) is 62.0 Å². The number of Topliss-reactive ketones (excluding diaryl/α,β-unsaturated/α-hetero) is 1. The first-order valence-corrected chi connectivity index (χ1v) is 12.1. The number of nitrogens with zero attached hydrogens (tertiary/aromatic N) is 3. The van der Waals surface area contributed by atoms with Crippen molar-refractivity contribution in [3.05, 3.63) is 51.1 Å². The summed E-state index contributed by atoms with van der Waals surface area (Å²) in [5, 5.41) is 4.20. The molecule has 35 heavy (non-hydrogen) atoms. The number of anilines is 1. The minimum atomic E-state index is -0.218. The van der Waals surface area contributed by atoms with E-state index >= 15 is 0 Å². The summed E-state index contributed by atoms with van der Waals surface area (Å²) < 4.78 is 12.9. The Kier molecular flexibility index (Phi) is 7.57. The molecule has 0 radical (unpaired) electrons. The van der Waals surface area contributed by atoms with Crippen molar-refractivity contribution in [2.24, 2.45) is 0 Å². The van der Waals surface area contributed by atoms with E-state index in [-0.39, 0.29) is 23.8 Å². The Morgan fingerprint density at radius 2 is 1.94 bits per heavy atom. The van der Waals surface area contributed by atoms with Crippen LogP contribution in [0, 0.1) is 13.8 Å². The summed E-state index contributed by atoms with van der Waals surface area (Å²) >= 11 is 0. The number of nitrogens with one attached hydrogen (secondary N) is 2. The van der Waals surface area contributed by atoms with E-state index in [1.54, 1.807) is 20.1 Å². The lowest BCUT2D eigenvalue weighted by atomic mass is 10.0. The molecule has 1 saturated heterocycles. The zero-order valence-electron chi connectivity index (χ0n) is 21.2. The summed E-state index contributed by atoms with van der Waals surface area (Å²) in [4.78, 5) is 36.2. The highest BCUT2D eigenvalue weighted by Crippen LogP contribution is 2.31. The number of hydrogen-bond acceptors (Lipinski definition) is 7. The number of methoxy groups -OCH3 is 2. The lowest BCUT2D eigenvalue weighted by Gasteiger charge is -2.28. The molecule has 4 heterocycles. The molecular weight excluding hydrogens is 446 g/mol. The molecule has 3 aromatic rings. The number of aromatic amines is 1. The number of piperazine rings is 1. The average molecular weight is 482 g/mol. The van der Waals surface area contributed by atoms with Gasteiger partial charge in [-0.2, -0.15) is 0 Å². The Morgan fingerprint density at radius 3 is 2.63 bits per heavy atom. The second-order valence-corrected chi connectivity index (χ2v) is 9.16. The van der Waals surface area contributed by atoms with Crippen molar-refractivity contribution in [3.8, 4) is 5.75 Å². The highest BCUT2D eigenvalue weighted by atomic mass is 16.5. The van der Waals surface area contributed by atoms with Gasteiger partial charge in [-0.25, -0.2) is 4.98 Å². The smallest absolute Gasteiger partial charge is 0.255 e. The number of ketones is 1. The highest BCUT2D eigenvalue weighted by molar-refractivity contribution is 6.09. The molecule has 0 saturated carbocycles. The van der Waals surface area contributed by atoms with Gasteiger partial charge in [0.25, 0.3) is 5.56 Å². The van der Waals surface area contributed by atoms with Crippen LogP contribution in [0.25, 0.3) is 11.0 Å². The van der Waals surface area contributed by atoms with E-state index in [0.29, 0.717) is 29.9 Å². The maximum Gasteiger partial charge on any atom is 0.255 e. The lowest BCUT2D eigenvalue weighted by Crippen LogP contribution is -2.43. The second kappa shape index (κ2) is 10.6. The first-order chi connectivity index (χ1) is 16.8. The van der Waals surface area contributed by atoms with Gasteiger partial charge in [-0.3, -0.25) is 9.59 Å². The van der Waals surface area contributed by atoms with Crippen LogP contribution in [0.4, 0.5) is 5.82 Å². The molecule has 9 heteroatoms. The van der Waals surface area contributed by atoms with Gasteiger partial charge in [-0.05, 0) is 45.4 Å². The number of carbonyl (C=O) groups excluding carboxylic acids is 1. The summed E-state index contributed by atoms with van der Waals surface area (Å²) in [6.07, 6.45) is 0.490. The Labute approximate surface area is 205 Å². The van der Waals surface area contributed by atoms with Crippen molar-refractivity contribution in [3.63, 3.8) is 0 Å². The zero-order valence-corrected chi connectivity index (χ0v) is 21.2. The molecule has 1 fully saturated rings. The molecular formula is C26H35N5O4. The molecule has 2 N–H and O–H groups in total. The molecule has 4 rings (SSSR count). The van der Waals surface area contributed by atoms with Crippen LogP contribution in [-0.4, -0.2) is 67.3 Å². The fourth-order valence-electron chi connectivity index (χ4n) is 5.04. The molecule has 9 nitrogen and oxygen atoms in total. The molecule has 0 amide bonds. The van der Waals surface area contributed by atoms with E-state index in [9.17, 15) is 9.59 Å². The molecule has 1 unspecified atom stereocenters. The van der Waals surface area contributed by atoms with Crippen LogP contribution in [0.15, 0.2) is 23.0 Å². The lowest BCUT2D eigenvalue weighted by molar-refractivity contribution is 0.0983. The number of ether oxygens (including phenoxy) is 2. The highest BCUT2D eigenvalue weighted by Gasteiger charge is 2.25. The minimum Gasteiger partial charge on any atom is -0.496 e. The number of pyridine rings is 2. The quantitative estimate of drug-likeness (QED) is 0.453. The second-order valence-electron chi connectivity index (χ2n) is 9.16. The molecule has 1 aliphatic rings. The van der Waals surface area contributed by atoms with Crippen molar-refractivity contribution in [2.45, 2.75) is 39.7 Å². The van der Waals surface area contributed by atoms with Crippen molar-refractivity contribution in [1.29, 1.82) is 0 Å². The molecule has 0 aromatic carbocycles. The van der Waals surface area contributed by atoms with Crippen molar-refractivity contribution in [1.82, 2.24) is 19.9 Å². The van der Waals surface area contributed by atoms with E-state index in [0.717, 1.165) is 54.4 Å². The van der Waals surface area contributed by atoms with E-state index in [2.05, 4.69) is 26.7 Å². The third-order valence-electron chi connectivity index (χ3n) is 6.70. The van der Waals surface area contributed by atoms with E-state index in [1.807, 2.05) is 19.1 Å². The molecule has 0 aliphatic carbocycles. The number of hydrogen-bond donors (Lipinski definition) is 2. The zero-order chi connectivity index (χ0) is 25.1. The Balaban J connectivity index is 1.72. The summed E-state index contributed by atoms with van der Waals surface area (Å²) in [6.45, 7) is 9.98. The van der Waals surface area contributed by atoms with Crippen LogP contribution in [0.3, 0.4) is 0 Å². The van der Waals surface area contributed by atoms with Crippen LogP contribution >= 0.6 is 0 Å². The monoisotopic (exact) mass is 481 g/mol. The van der Waals surface area contributed by atoms with Gasteiger partial charge in [-0.1, -0.05) is 0 Å². The van der Waals surface area contributed by atoms with Crippen LogP contribution < -0.4 is 20.5 Å². The Hall–Kier alpha value is -3.17. The van der Waals surface area contributed by atoms with Crippen molar-refractivity contribution in [2.75, 3.05) is 51.9 Å². The number of aryl methyl sites for hydroxylation is 1. The number of carbonyl (C=O) groups is 1. The molecule has 1 atom stereocenters. The van der Waals surface area contributed by atoms with Crippen LogP contribution in [0.1, 0.15) is 46.7 Å². The first-order valence-electron chi connectivity index (χ1n) is 12.1. The van der Waals surface area contributed by atoms with E-state index < -0.39 is 0 Å². The van der Waals surface area contributed by atoms with Gasteiger partial charge in [0.1, 0.15) is 17.2 Å². The number of aromatic nitrogens is 3. The van der Waals surface area contributed by atoms with Gasteiger partial charge in [0.2, 0.25) is 0 Å². The summed E-state index contributed by atoms with van der Waals surface area (Å²) in [5.41, 5.74) is 3.30. The molecule has 3 aromatic heterocycles. The van der Waals surface area contributed by atoms with Crippen molar-refractivity contribution < 1.29 is 14.3 Å². The number of rotatable bonds is 9. The van der Waals surface area contributed by atoms with Gasteiger partial charge in [-0.15, -0.1) is 0 Å². The summed E-state index contributed by atoms with van der Waals surface area (Å²) in [6, 6.07) is 5.81. The first kappa shape index (κ1) is 24.9. The fourth-order valence-corrected chi connectivity index (χ4v) is 5.04. The van der Waals surface area contributed by atoms with Gasteiger partial charge < -0.3 is 29.2 Å². The summed E-state index contributed by atoms with van der Waals surface area (Å²) in [5.74, 6) is 1.40. The molecule has 1 aliphatic heterocycles. The van der Waals surface area contributed by atoms with Gasteiger partial charge in [0.05, 0.1) is 25.3 Å². The predicted octanol–water partition coefficient (Wildman–Crippen LogP) is 2.78. The van der Waals surface area contributed by atoms with Crippen LogP contribution in [-0.2, 0) is 11.2 Å². The normalized spacial score (nSPS) is 14.9. The van der Waals surface area contributed by atoms with Crippen molar-refractivity contribution >= 4 is 22.6 Å². The van der Waals surface area contributed by atoms with Crippen LogP contribution in [0.2, 0.25) is 0 Å². The Morgan fingerprint density at radius 1 is 1.20 bits per heavy atom. The minimum absolute atomic E-state index is 0.00913. The number of fused-ring (bicyclic) bond motifs is 1. The van der Waals surface area contributed by atoms with Gasteiger partial charge >= 0.3 is 0 Å². The van der Waals surface area contributed by atoms with E-state index in [1.165, 1.54) is 7.11 Å². The maximum absolute atomic E-state index is 13.6. The molecule has 0 spiro atoms. The van der Waals surface area contributed by atoms with Gasteiger partial charge in [0.15, 0.2) is 5.78 Å². The molecule has 188 valence electrons. The fraction of sp³-hybridized carbons (Fsp3) is 0.500. The maximum atomic E-state index is 13.6. The van der Waals surface area contributed by atoms with E-state index in [4.69, 9.17) is 14.5 Å². The topological polar surface area (TPSA) is 101 Å². The average Bonchev–Trinajstić information content (AvgIpc) is 3.14. The van der Waals surface area contributed by atoms with Crippen LogP contribution in [0.5, 0.6) is 5.75 Å². The SMILES string of the molecule is COCC(C)n1c(C)c(C(=O)CCc2c(OC)cc(C)[nH]c2=O)c2ccc(N3CCNCC3)nc21.